The van der Waals surface area contributed by atoms with Crippen molar-refractivity contribution in [3.05, 3.63) is 27.1 Å². The molecule has 0 aliphatic carbocycles. The molecule has 0 saturated heterocycles. The van der Waals surface area contributed by atoms with E-state index in [-0.39, 0.29) is 0 Å². The van der Waals surface area contributed by atoms with E-state index in [2.05, 4.69) is 69.2 Å². The lowest BCUT2D eigenvalue weighted by Crippen LogP contribution is -2.19. The SMILES string of the molecule is CCCCCC(CCCCC)Nc1cc(Br)ccc1Br. The molecule has 1 aromatic carbocycles. The molecular formula is C17H27Br2N. The van der Waals surface area contributed by atoms with Crippen molar-refractivity contribution in [2.24, 2.45) is 0 Å². The highest BCUT2D eigenvalue weighted by atomic mass is 79.9. The summed E-state index contributed by atoms with van der Waals surface area (Å²) in [5, 5.41) is 3.73. The molecular weight excluding hydrogens is 378 g/mol. The van der Waals surface area contributed by atoms with Gasteiger partial charge < -0.3 is 5.32 Å². The molecule has 1 aromatic rings. The molecule has 1 rings (SSSR count). The van der Waals surface area contributed by atoms with E-state index in [9.17, 15) is 0 Å². The Labute approximate surface area is 141 Å². The highest BCUT2D eigenvalue weighted by Gasteiger charge is 2.10. The number of benzene rings is 1. The Morgan fingerprint density at radius 1 is 0.950 bits per heavy atom. The van der Waals surface area contributed by atoms with Crippen LogP contribution in [0.25, 0.3) is 0 Å². The Bertz CT molecular complexity index is 369. The van der Waals surface area contributed by atoms with Crippen LogP contribution < -0.4 is 5.32 Å². The van der Waals surface area contributed by atoms with Gasteiger partial charge in [0.15, 0.2) is 0 Å². The Kier molecular flexibility index (Phi) is 9.62. The van der Waals surface area contributed by atoms with Gasteiger partial charge in [-0.3, -0.25) is 0 Å². The van der Waals surface area contributed by atoms with E-state index < -0.39 is 0 Å². The molecule has 0 atom stereocenters. The van der Waals surface area contributed by atoms with E-state index in [1.807, 2.05) is 0 Å². The van der Waals surface area contributed by atoms with E-state index >= 15 is 0 Å². The lowest BCUT2D eigenvalue weighted by Gasteiger charge is -2.21. The third-order valence-corrected chi connectivity index (χ3v) is 4.79. The standard InChI is InChI=1S/C17H27Br2N/c1-3-5-7-9-15(10-8-6-4-2)20-17-13-14(18)11-12-16(17)19/h11-13,15,20H,3-10H2,1-2H3. The molecule has 0 saturated carbocycles. The summed E-state index contributed by atoms with van der Waals surface area (Å²) in [6.07, 6.45) is 10.5. The van der Waals surface area contributed by atoms with Gasteiger partial charge in [0.05, 0.1) is 0 Å². The van der Waals surface area contributed by atoms with Crippen molar-refractivity contribution >= 4 is 37.5 Å². The minimum absolute atomic E-state index is 0.596. The summed E-state index contributed by atoms with van der Waals surface area (Å²) >= 11 is 7.19. The molecule has 0 aliphatic heterocycles. The predicted octanol–water partition coefficient (Wildman–Crippen LogP) is 7.15. The van der Waals surface area contributed by atoms with Gasteiger partial charge in [-0.15, -0.1) is 0 Å². The lowest BCUT2D eigenvalue weighted by atomic mass is 10.0. The molecule has 114 valence electrons. The quantitative estimate of drug-likeness (QED) is 0.408. The first-order chi connectivity index (χ1) is 9.67. The Hall–Kier alpha value is -0.0200. The second-order valence-corrected chi connectivity index (χ2v) is 7.23. The van der Waals surface area contributed by atoms with Gasteiger partial charge in [0.25, 0.3) is 0 Å². The van der Waals surface area contributed by atoms with Gasteiger partial charge in [-0.1, -0.05) is 68.3 Å². The van der Waals surface area contributed by atoms with Crippen LogP contribution in [-0.4, -0.2) is 6.04 Å². The molecule has 0 unspecified atom stereocenters. The molecule has 0 heterocycles. The van der Waals surface area contributed by atoms with Crippen LogP contribution in [0, 0.1) is 0 Å². The van der Waals surface area contributed by atoms with Gasteiger partial charge in [0, 0.05) is 20.7 Å². The van der Waals surface area contributed by atoms with Gasteiger partial charge in [0.1, 0.15) is 0 Å². The van der Waals surface area contributed by atoms with Crippen LogP contribution in [0.5, 0.6) is 0 Å². The van der Waals surface area contributed by atoms with Crippen LogP contribution in [0.3, 0.4) is 0 Å². The summed E-state index contributed by atoms with van der Waals surface area (Å²) in [6.45, 7) is 4.54. The molecule has 0 fully saturated rings. The third-order valence-electron chi connectivity index (χ3n) is 3.60. The number of nitrogens with one attached hydrogen (secondary N) is 1. The molecule has 0 aliphatic rings. The average Bonchev–Trinajstić information content (AvgIpc) is 2.43. The van der Waals surface area contributed by atoms with Gasteiger partial charge in [-0.25, -0.2) is 0 Å². The molecule has 0 amide bonds. The lowest BCUT2D eigenvalue weighted by molar-refractivity contribution is 0.526. The van der Waals surface area contributed by atoms with Crippen LogP contribution in [0.4, 0.5) is 5.69 Å². The van der Waals surface area contributed by atoms with Crippen LogP contribution in [-0.2, 0) is 0 Å². The maximum absolute atomic E-state index is 3.73. The van der Waals surface area contributed by atoms with Gasteiger partial charge in [-0.2, -0.15) is 0 Å². The van der Waals surface area contributed by atoms with Crippen molar-refractivity contribution in [1.29, 1.82) is 0 Å². The van der Waals surface area contributed by atoms with Crippen molar-refractivity contribution in [2.45, 2.75) is 71.3 Å². The first-order valence-corrected chi connectivity index (χ1v) is 9.47. The zero-order valence-electron chi connectivity index (χ0n) is 12.7. The monoisotopic (exact) mass is 403 g/mol. The zero-order chi connectivity index (χ0) is 14.8. The van der Waals surface area contributed by atoms with Crippen molar-refractivity contribution in [3.63, 3.8) is 0 Å². The zero-order valence-corrected chi connectivity index (χ0v) is 15.9. The largest absolute Gasteiger partial charge is 0.381 e. The maximum atomic E-state index is 3.73. The van der Waals surface area contributed by atoms with Crippen molar-refractivity contribution in [2.75, 3.05) is 5.32 Å². The van der Waals surface area contributed by atoms with Crippen molar-refractivity contribution in [3.8, 4) is 0 Å². The van der Waals surface area contributed by atoms with Gasteiger partial charge >= 0.3 is 0 Å². The minimum atomic E-state index is 0.596. The highest BCUT2D eigenvalue weighted by Crippen LogP contribution is 2.28. The first-order valence-electron chi connectivity index (χ1n) is 7.89. The molecule has 3 heteroatoms. The molecule has 1 nitrogen and oxygen atoms in total. The van der Waals surface area contributed by atoms with E-state index in [0.717, 1.165) is 8.95 Å². The Morgan fingerprint density at radius 2 is 1.55 bits per heavy atom. The van der Waals surface area contributed by atoms with Crippen molar-refractivity contribution in [1.82, 2.24) is 0 Å². The Morgan fingerprint density at radius 3 is 2.10 bits per heavy atom. The average molecular weight is 405 g/mol. The van der Waals surface area contributed by atoms with Crippen LogP contribution >= 0.6 is 31.9 Å². The smallest absolute Gasteiger partial charge is 0.0498 e. The predicted molar refractivity (Wildman–Crippen MR) is 97.5 cm³/mol. The Balaban J connectivity index is 2.58. The number of hydrogen-bond acceptors (Lipinski definition) is 1. The number of unbranched alkanes of at least 4 members (excludes halogenated alkanes) is 4. The normalized spacial score (nSPS) is 11.1. The topological polar surface area (TPSA) is 12.0 Å². The molecule has 1 N–H and O–H groups in total. The molecule has 0 radical (unpaired) electrons. The fraction of sp³-hybridized carbons (Fsp3) is 0.647. The molecule has 0 aromatic heterocycles. The third kappa shape index (κ3) is 7.12. The fourth-order valence-electron chi connectivity index (χ4n) is 2.40. The van der Waals surface area contributed by atoms with Gasteiger partial charge in [-0.05, 0) is 47.0 Å². The summed E-state index contributed by atoms with van der Waals surface area (Å²) in [4.78, 5) is 0. The minimum Gasteiger partial charge on any atom is -0.381 e. The number of hydrogen-bond donors (Lipinski definition) is 1. The van der Waals surface area contributed by atoms with E-state index in [1.54, 1.807) is 0 Å². The van der Waals surface area contributed by atoms with E-state index in [1.165, 1.54) is 57.1 Å². The maximum Gasteiger partial charge on any atom is 0.0498 e. The summed E-state index contributed by atoms with van der Waals surface area (Å²) in [5.41, 5.74) is 1.21. The number of anilines is 1. The second-order valence-electron chi connectivity index (χ2n) is 5.46. The van der Waals surface area contributed by atoms with Crippen LogP contribution in [0.2, 0.25) is 0 Å². The summed E-state index contributed by atoms with van der Waals surface area (Å²) in [6, 6.07) is 6.93. The molecule has 0 spiro atoms. The van der Waals surface area contributed by atoms with Gasteiger partial charge in [0.2, 0.25) is 0 Å². The van der Waals surface area contributed by atoms with Crippen LogP contribution in [0.15, 0.2) is 27.1 Å². The second kappa shape index (κ2) is 10.7. The van der Waals surface area contributed by atoms with Crippen LogP contribution in [0.1, 0.15) is 65.2 Å². The summed E-state index contributed by atoms with van der Waals surface area (Å²) < 4.78 is 2.28. The van der Waals surface area contributed by atoms with E-state index in [0.29, 0.717) is 6.04 Å². The number of halogens is 2. The van der Waals surface area contributed by atoms with E-state index in [4.69, 9.17) is 0 Å². The number of rotatable bonds is 10. The highest BCUT2D eigenvalue weighted by molar-refractivity contribution is 9.11. The fourth-order valence-corrected chi connectivity index (χ4v) is 3.12. The summed E-state index contributed by atoms with van der Waals surface area (Å²) in [7, 11) is 0. The van der Waals surface area contributed by atoms with Crippen molar-refractivity contribution < 1.29 is 0 Å². The molecule has 20 heavy (non-hydrogen) atoms. The first kappa shape index (κ1) is 18.0. The summed E-state index contributed by atoms with van der Waals surface area (Å²) in [5.74, 6) is 0. The molecule has 0 bridgehead atoms.